The molecule has 0 unspecified atom stereocenters. The molecule has 0 spiro atoms. The summed E-state index contributed by atoms with van der Waals surface area (Å²) in [5.41, 5.74) is 4.16. The molecule has 2 atom stereocenters. The van der Waals surface area contributed by atoms with Crippen molar-refractivity contribution in [1.82, 2.24) is 9.62 Å². The van der Waals surface area contributed by atoms with Crippen molar-refractivity contribution in [2.75, 3.05) is 6.54 Å². The quantitative estimate of drug-likeness (QED) is 0.235. The molecule has 0 bridgehead atoms. The number of amides is 1. The first kappa shape index (κ1) is 32.3. The van der Waals surface area contributed by atoms with Gasteiger partial charge in [0, 0.05) is 29.4 Å². The molecule has 226 valence electrons. The maximum atomic E-state index is 13.3. The largest absolute Gasteiger partial charge is 0.481 e. The Labute approximate surface area is 259 Å². The Kier molecular flexibility index (Phi) is 10.7. The number of carboxylic acid groups (broad SMARTS) is 1. The predicted molar refractivity (Wildman–Crippen MR) is 163 cm³/mol. The van der Waals surface area contributed by atoms with Crippen molar-refractivity contribution in [2.45, 2.75) is 55.5 Å². The number of aryl methyl sites for hydroxylation is 2. The van der Waals surface area contributed by atoms with Gasteiger partial charge in [-0.2, -0.15) is 4.31 Å². The second kappa shape index (κ2) is 14.3. The number of carboxylic acids is 1. The third-order valence-electron chi connectivity index (χ3n) is 7.31. The summed E-state index contributed by atoms with van der Waals surface area (Å²) in [7, 11) is -4.08. The van der Waals surface area contributed by atoms with Crippen LogP contribution in [0.25, 0.3) is 11.1 Å². The van der Waals surface area contributed by atoms with E-state index >= 15 is 0 Å². The van der Waals surface area contributed by atoms with E-state index in [4.69, 9.17) is 23.2 Å². The lowest BCUT2D eigenvalue weighted by atomic mass is 9.89. The first-order valence-corrected chi connectivity index (χ1v) is 15.8. The van der Waals surface area contributed by atoms with Gasteiger partial charge in [0.2, 0.25) is 15.9 Å². The number of benzene rings is 3. The Hall–Kier alpha value is -3.57. The van der Waals surface area contributed by atoms with Crippen LogP contribution in [0.1, 0.15) is 48.4 Å². The SMILES string of the molecule is O=CCCc1cccc(CCC=O)c1-c1ccc([C@@H](CC(=O)O)NC(=O)[C@@H]2CCN2S(=O)(=O)c2cc(Cl)cc(Cl)c2)cc1. The molecule has 12 heteroatoms. The number of halogens is 2. The standard InChI is InChI=1S/C31H30Cl2N2O7S/c32-24-16-25(33)18-26(17-24)43(41,42)35-13-12-28(35)31(40)34-27(19-29(38)39)20-8-10-23(11-9-20)30-21(6-2-14-36)4-1-5-22(30)7-3-15-37/h1,4-5,8-11,14-18,27-28H,2-3,6-7,12-13,19H2,(H,34,40)(H,38,39)/t27-,28+/m1/s1. The Morgan fingerprint density at radius 1 is 0.953 bits per heavy atom. The fourth-order valence-electron chi connectivity index (χ4n) is 5.17. The highest BCUT2D eigenvalue weighted by Gasteiger charge is 2.43. The molecule has 1 aliphatic rings. The van der Waals surface area contributed by atoms with Gasteiger partial charge in [-0.25, -0.2) is 8.42 Å². The Morgan fingerprint density at radius 2 is 1.53 bits per heavy atom. The average molecular weight is 646 g/mol. The van der Waals surface area contributed by atoms with Crippen molar-refractivity contribution in [2.24, 2.45) is 0 Å². The summed E-state index contributed by atoms with van der Waals surface area (Å²) in [5, 5.41) is 12.6. The van der Waals surface area contributed by atoms with Crippen molar-refractivity contribution < 1.29 is 32.7 Å². The number of nitrogens with zero attached hydrogens (tertiary/aromatic N) is 1. The van der Waals surface area contributed by atoms with E-state index in [9.17, 15) is 32.7 Å². The maximum Gasteiger partial charge on any atom is 0.305 e. The van der Waals surface area contributed by atoms with Crippen LogP contribution >= 0.6 is 23.2 Å². The topological polar surface area (TPSA) is 138 Å². The minimum atomic E-state index is -4.08. The van der Waals surface area contributed by atoms with Crippen LogP contribution in [-0.4, -0.2) is 54.9 Å². The summed E-state index contributed by atoms with van der Waals surface area (Å²) >= 11 is 12.0. The lowest BCUT2D eigenvalue weighted by Gasteiger charge is -2.39. The number of nitrogens with one attached hydrogen (secondary N) is 1. The number of aldehydes is 2. The zero-order chi connectivity index (χ0) is 31.1. The number of rotatable bonds is 14. The third-order valence-corrected chi connectivity index (χ3v) is 9.64. The van der Waals surface area contributed by atoms with Gasteiger partial charge in [-0.05, 0) is 65.3 Å². The van der Waals surface area contributed by atoms with Crippen LogP contribution in [0.15, 0.2) is 65.6 Å². The lowest BCUT2D eigenvalue weighted by Crippen LogP contribution is -2.58. The van der Waals surface area contributed by atoms with Crippen molar-refractivity contribution in [3.05, 3.63) is 87.4 Å². The van der Waals surface area contributed by atoms with Crippen molar-refractivity contribution in [1.29, 1.82) is 0 Å². The number of carbonyl (C=O) groups excluding carboxylic acids is 3. The molecule has 9 nitrogen and oxygen atoms in total. The van der Waals surface area contributed by atoms with Crippen LogP contribution in [-0.2, 0) is 42.0 Å². The summed E-state index contributed by atoms with van der Waals surface area (Å²) < 4.78 is 27.5. The van der Waals surface area contributed by atoms with Gasteiger partial charge < -0.3 is 20.0 Å². The first-order valence-electron chi connectivity index (χ1n) is 13.6. The second-order valence-corrected chi connectivity index (χ2v) is 12.9. The number of aliphatic carboxylic acids is 1. The zero-order valence-electron chi connectivity index (χ0n) is 23.0. The summed E-state index contributed by atoms with van der Waals surface area (Å²) in [6.45, 7) is 0.110. The molecule has 2 N–H and O–H groups in total. The van der Waals surface area contributed by atoms with Gasteiger partial charge in [0.05, 0.1) is 17.4 Å². The monoisotopic (exact) mass is 644 g/mol. The van der Waals surface area contributed by atoms with E-state index in [0.717, 1.165) is 39.1 Å². The fraction of sp³-hybridized carbons (Fsp3) is 0.290. The van der Waals surface area contributed by atoms with E-state index < -0.39 is 40.4 Å². The molecule has 0 radical (unpaired) electrons. The Morgan fingerprint density at radius 3 is 2.02 bits per heavy atom. The number of hydrogen-bond donors (Lipinski definition) is 2. The molecule has 1 aliphatic heterocycles. The molecule has 0 aromatic heterocycles. The van der Waals surface area contributed by atoms with Gasteiger partial charge >= 0.3 is 5.97 Å². The van der Waals surface area contributed by atoms with E-state index in [0.29, 0.717) is 31.2 Å². The van der Waals surface area contributed by atoms with Gasteiger partial charge in [0.25, 0.3) is 0 Å². The van der Waals surface area contributed by atoms with Crippen LogP contribution in [0.4, 0.5) is 0 Å². The molecule has 3 aromatic rings. The fourth-order valence-corrected chi connectivity index (χ4v) is 7.53. The minimum Gasteiger partial charge on any atom is -0.481 e. The van der Waals surface area contributed by atoms with Crippen molar-refractivity contribution in [3.8, 4) is 11.1 Å². The summed E-state index contributed by atoms with van der Waals surface area (Å²) in [5.74, 6) is -1.76. The van der Waals surface area contributed by atoms with Crippen LogP contribution in [0.5, 0.6) is 0 Å². The summed E-state index contributed by atoms with van der Waals surface area (Å²) in [6, 6.07) is 14.8. The molecule has 0 aliphatic carbocycles. The number of carbonyl (C=O) groups is 4. The molecule has 1 heterocycles. The van der Waals surface area contributed by atoms with Crippen LogP contribution in [0.3, 0.4) is 0 Å². The van der Waals surface area contributed by atoms with E-state index in [1.807, 2.05) is 30.3 Å². The van der Waals surface area contributed by atoms with Gasteiger partial charge in [0.15, 0.2) is 0 Å². The van der Waals surface area contributed by atoms with E-state index in [1.54, 1.807) is 12.1 Å². The van der Waals surface area contributed by atoms with E-state index in [-0.39, 0.29) is 27.9 Å². The molecule has 43 heavy (non-hydrogen) atoms. The molecule has 1 fully saturated rings. The highest BCUT2D eigenvalue weighted by molar-refractivity contribution is 7.89. The minimum absolute atomic E-state index is 0.110. The van der Waals surface area contributed by atoms with Gasteiger partial charge in [0.1, 0.15) is 18.6 Å². The molecular weight excluding hydrogens is 615 g/mol. The molecule has 3 aromatic carbocycles. The average Bonchev–Trinajstić information content (AvgIpc) is 2.93. The maximum absolute atomic E-state index is 13.3. The number of sulfonamides is 1. The first-order chi connectivity index (χ1) is 20.5. The molecular formula is C31H30Cl2N2O7S. The molecule has 1 saturated heterocycles. The second-order valence-electron chi connectivity index (χ2n) is 10.2. The normalized spacial score (nSPS) is 15.7. The highest BCUT2D eigenvalue weighted by atomic mass is 35.5. The molecule has 0 saturated carbocycles. The van der Waals surface area contributed by atoms with E-state index in [2.05, 4.69) is 5.32 Å². The summed E-state index contributed by atoms with van der Waals surface area (Å²) in [4.78, 5) is 47.0. The van der Waals surface area contributed by atoms with Gasteiger partial charge in [-0.15, -0.1) is 0 Å². The summed E-state index contributed by atoms with van der Waals surface area (Å²) in [6.07, 6.45) is 3.27. The predicted octanol–water partition coefficient (Wildman–Crippen LogP) is 5.02. The third kappa shape index (κ3) is 7.69. The van der Waals surface area contributed by atoms with Gasteiger partial charge in [-0.3, -0.25) is 9.59 Å². The zero-order valence-corrected chi connectivity index (χ0v) is 25.4. The van der Waals surface area contributed by atoms with Crippen LogP contribution in [0, 0.1) is 0 Å². The van der Waals surface area contributed by atoms with E-state index in [1.165, 1.54) is 18.2 Å². The van der Waals surface area contributed by atoms with Crippen molar-refractivity contribution in [3.63, 3.8) is 0 Å². The number of hydrogen-bond acceptors (Lipinski definition) is 6. The van der Waals surface area contributed by atoms with Gasteiger partial charge in [-0.1, -0.05) is 65.7 Å². The van der Waals surface area contributed by atoms with Crippen LogP contribution in [0.2, 0.25) is 10.0 Å². The van der Waals surface area contributed by atoms with Crippen molar-refractivity contribution >= 4 is 57.7 Å². The van der Waals surface area contributed by atoms with Crippen LogP contribution < -0.4 is 5.32 Å². The lowest BCUT2D eigenvalue weighted by molar-refractivity contribution is -0.138. The molecule has 4 rings (SSSR count). The Bertz CT molecular complexity index is 1580. The smallest absolute Gasteiger partial charge is 0.305 e. The molecule has 1 amide bonds. The highest BCUT2D eigenvalue weighted by Crippen LogP contribution is 2.33. The Balaban J connectivity index is 1.58.